The highest BCUT2D eigenvalue weighted by atomic mass is 32.2. The van der Waals surface area contributed by atoms with Gasteiger partial charge in [-0.25, -0.2) is 8.42 Å². The van der Waals surface area contributed by atoms with Gasteiger partial charge >= 0.3 is 0 Å². The van der Waals surface area contributed by atoms with Gasteiger partial charge < -0.3 is 0 Å². The molecule has 6 nitrogen and oxygen atoms in total. The highest BCUT2D eigenvalue weighted by Gasteiger charge is 2.36. The number of aromatic amines is 1. The first kappa shape index (κ1) is 13.1. The summed E-state index contributed by atoms with van der Waals surface area (Å²) >= 11 is 0. The van der Waals surface area contributed by atoms with Crippen LogP contribution in [0.1, 0.15) is 25.0 Å². The topological polar surface area (TPSA) is 69.3 Å². The fraction of sp³-hybridized carbons (Fsp3) is 0.750. The Morgan fingerprint density at radius 2 is 2.16 bits per heavy atom. The molecule has 0 spiro atoms. The zero-order valence-electron chi connectivity index (χ0n) is 11.2. The van der Waals surface area contributed by atoms with Gasteiger partial charge in [0.2, 0.25) is 10.0 Å². The Morgan fingerprint density at radius 3 is 2.89 bits per heavy atom. The van der Waals surface area contributed by atoms with Crippen LogP contribution < -0.4 is 0 Å². The third-order valence-electron chi connectivity index (χ3n) is 4.20. The number of piperazine rings is 1. The molecule has 1 atom stereocenters. The summed E-state index contributed by atoms with van der Waals surface area (Å²) < 4.78 is 26.8. The second-order valence-corrected chi connectivity index (χ2v) is 7.31. The van der Waals surface area contributed by atoms with Crippen LogP contribution in [0.4, 0.5) is 0 Å². The Morgan fingerprint density at radius 1 is 1.32 bits per heavy atom. The van der Waals surface area contributed by atoms with Crippen molar-refractivity contribution in [3.05, 3.63) is 11.9 Å². The number of sulfonamides is 1. The zero-order valence-corrected chi connectivity index (χ0v) is 12.0. The second kappa shape index (κ2) is 4.88. The van der Waals surface area contributed by atoms with E-state index in [4.69, 9.17) is 0 Å². The molecule has 1 aromatic heterocycles. The monoisotopic (exact) mass is 284 g/mol. The van der Waals surface area contributed by atoms with Crippen molar-refractivity contribution in [3.63, 3.8) is 0 Å². The average Bonchev–Trinajstić information content (AvgIpc) is 2.85. The number of aryl methyl sites for hydroxylation is 1. The fourth-order valence-electron chi connectivity index (χ4n) is 3.08. The van der Waals surface area contributed by atoms with E-state index in [1.807, 2.05) is 0 Å². The van der Waals surface area contributed by atoms with E-state index in [2.05, 4.69) is 15.1 Å². The highest BCUT2D eigenvalue weighted by molar-refractivity contribution is 7.89. The lowest BCUT2D eigenvalue weighted by molar-refractivity contribution is 0.0851. The largest absolute Gasteiger partial charge is 0.298 e. The van der Waals surface area contributed by atoms with E-state index in [-0.39, 0.29) is 0 Å². The standard InChI is InChI=1S/C12H20N4O2S/c1-10-12(8-13-14-10)19(17,18)16-7-6-15-5-3-2-4-11(15)9-16/h8,11H,2-7,9H2,1H3,(H,13,14). The highest BCUT2D eigenvalue weighted by Crippen LogP contribution is 2.25. The van der Waals surface area contributed by atoms with E-state index in [0.29, 0.717) is 29.7 Å². The molecule has 0 aromatic carbocycles. The number of aromatic nitrogens is 2. The molecule has 3 heterocycles. The van der Waals surface area contributed by atoms with Gasteiger partial charge in [-0.2, -0.15) is 9.40 Å². The molecule has 1 aromatic rings. The van der Waals surface area contributed by atoms with Crippen LogP contribution in [0.15, 0.2) is 11.1 Å². The molecule has 19 heavy (non-hydrogen) atoms. The molecule has 7 heteroatoms. The van der Waals surface area contributed by atoms with Gasteiger partial charge in [0.15, 0.2) is 0 Å². The molecule has 0 radical (unpaired) electrons. The Kier molecular flexibility index (Phi) is 3.36. The van der Waals surface area contributed by atoms with Crippen molar-refractivity contribution in [1.82, 2.24) is 19.4 Å². The number of nitrogens with zero attached hydrogens (tertiary/aromatic N) is 3. The number of nitrogens with one attached hydrogen (secondary N) is 1. The van der Waals surface area contributed by atoms with Crippen LogP contribution in [-0.4, -0.2) is 60.0 Å². The number of piperidine rings is 1. The molecule has 0 bridgehead atoms. The minimum Gasteiger partial charge on any atom is -0.298 e. The predicted molar refractivity (Wildman–Crippen MR) is 71.3 cm³/mol. The summed E-state index contributed by atoms with van der Waals surface area (Å²) in [5.74, 6) is 0. The molecule has 1 unspecified atom stereocenters. The first-order chi connectivity index (χ1) is 9.09. The van der Waals surface area contributed by atoms with Gasteiger partial charge in [-0.3, -0.25) is 10.00 Å². The number of hydrogen-bond donors (Lipinski definition) is 1. The summed E-state index contributed by atoms with van der Waals surface area (Å²) in [5.41, 5.74) is 0.617. The van der Waals surface area contributed by atoms with Crippen LogP contribution >= 0.6 is 0 Å². The van der Waals surface area contributed by atoms with Crippen molar-refractivity contribution in [2.45, 2.75) is 37.1 Å². The van der Waals surface area contributed by atoms with Gasteiger partial charge in [0.25, 0.3) is 0 Å². The summed E-state index contributed by atoms with van der Waals surface area (Å²) in [6.07, 6.45) is 4.97. The first-order valence-electron chi connectivity index (χ1n) is 6.83. The maximum absolute atomic E-state index is 12.6. The fourth-order valence-corrected chi connectivity index (χ4v) is 4.67. The molecule has 1 N–H and O–H groups in total. The van der Waals surface area contributed by atoms with Gasteiger partial charge in [-0.1, -0.05) is 6.42 Å². The number of fused-ring (bicyclic) bond motifs is 1. The lowest BCUT2D eigenvalue weighted by Crippen LogP contribution is -2.56. The molecule has 0 saturated carbocycles. The van der Waals surface area contributed by atoms with Crippen LogP contribution in [0.3, 0.4) is 0 Å². The van der Waals surface area contributed by atoms with Crippen LogP contribution in [-0.2, 0) is 10.0 Å². The quantitative estimate of drug-likeness (QED) is 0.862. The molecule has 2 saturated heterocycles. The third-order valence-corrected chi connectivity index (χ3v) is 6.18. The van der Waals surface area contributed by atoms with Gasteiger partial charge in [0.05, 0.1) is 11.9 Å². The molecular weight excluding hydrogens is 264 g/mol. The summed E-state index contributed by atoms with van der Waals surface area (Å²) in [4.78, 5) is 2.74. The van der Waals surface area contributed by atoms with Crippen LogP contribution in [0.5, 0.6) is 0 Å². The molecule has 2 aliphatic heterocycles. The number of rotatable bonds is 2. The van der Waals surface area contributed by atoms with E-state index in [0.717, 1.165) is 19.5 Å². The number of H-pyrrole nitrogens is 1. The van der Waals surface area contributed by atoms with E-state index < -0.39 is 10.0 Å². The van der Waals surface area contributed by atoms with Gasteiger partial charge in [0, 0.05) is 25.7 Å². The van der Waals surface area contributed by atoms with Crippen LogP contribution in [0.2, 0.25) is 0 Å². The van der Waals surface area contributed by atoms with Crippen molar-refractivity contribution in [1.29, 1.82) is 0 Å². The zero-order chi connectivity index (χ0) is 13.5. The Balaban J connectivity index is 1.81. The SMILES string of the molecule is Cc1[nH]ncc1S(=O)(=O)N1CCN2CCCCC2C1. The number of hydrogen-bond acceptors (Lipinski definition) is 4. The normalized spacial score (nSPS) is 26.3. The third kappa shape index (κ3) is 2.30. The maximum Gasteiger partial charge on any atom is 0.246 e. The lowest BCUT2D eigenvalue weighted by Gasteiger charge is -2.43. The summed E-state index contributed by atoms with van der Waals surface area (Å²) in [6.45, 7) is 4.91. The van der Waals surface area contributed by atoms with Crippen LogP contribution in [0, 0.1) is 6.92 Å². The molecule has 2 fully saturated rings. The Labute approximate surface area is 113 Å². The summed E-state index contributed by atoms with van der Waals surface area (Å²) in [7, 11) is -3.39. The molecule has 106 valence electrons. The van der Waals surface area contributed by atoms with Crippen molar-refractivity contribution in [2.24, 2.45) is 0 Å². The molecule has 3 rings (SSSR count). The van der Waals surface area contributed by atoms with Crippen molar-refractivity contribution in [2.75, 3.05) is 26.2 Å². The second-order valence-electron chi connectivity index (χ2n) is 5.41. The molecule has 2 aliphatic rings. The maximum atomic E-state index is 12.6. The van der Waals surface area contributed by atoms with Gasteiger partial charge in [-0.15, -0.1) is 0 Å². The van der Waals surface area contributed by atoms with E-state index in [1.165, 1.54) is 19.0 Å². The Bertz CT molecular complexity index is 554. The predicted octanol–water partition coefficient (Wildman–Crippen LogP) is 0.577. The molecule has 0 aliphatic carbocycles. The van der Waals surface area contributed by atoms with E-state index in [1.54, 1.807) is 11.2 Å². The summed E-state index contributed by atoms with van der Waals surface area (Å²) in [5, 5.41) is 6.53. The first-order valence-corrected chi connectivity index (χ1v) is 8.27. The van der Waals surface area contributed by atoms with Crippen molar-refractivity contribution in [3.8, 4) is 0 Å². The van der Waals surface area contributed by atoms with E-state index in [9.17, 15) is 8.42 Å². The average molecular weight is 284 g/mol. The van der Waals surface area contributed by atoms with Crippen LogP contribution in [0.25, 0.3) is 0 Å². The summed E-state index contributed by atoms with van der Waals surface area (Å²) in [6, 6.07) is 0.393. The minimum atomic E-state index is -3.39. The minimum absolute atomic E-state index is 0.316. The van der Waals surface area contributed by atoms with Crippen molar-refractivity contribution < 1.29 is 8.42 Å². The van der Waals surface area contributed by atoms with E-state index >= 15 is 0 Å². The smallest absolute Gasteiger partial charge is 0.246 e. The lowest BCUT2D eigenvalue weighted by atomic mass is 10.0. The molecular formula is C12H20N4O2S. The Hall–Kier alpha value is -0.920. The van der Waals surface area contributed by atoms with Gasteiger partial charge in [-0.05, 0) is 26.3 Å². The van der Waals surface area contributed by atoms with Gasteiger partial charge in [0.1, 0.15) is 4.90 Å². The molecule has 0 amide bonds. The van der Waals surface area contributed by atoms with Crippen molar-refractivity contribution >= 4 is 10.0 Å².